The minimum absolute atomic E-state index is 0.0471. The van der Waals surface area contributed by atoms with Crippen molar-refractivity contribution in [2.24, 2.45) is 15.4 Å². The van der Waals surface area contributed by atoms with Crippen LogP contribution in [0.2, 0.25) is 0 Å². The van der Waals surface area contributed by atoms with E-state index >= 15 is 0 Å². The van der Waals surface area contributed by atoms with Crippen molar-refractivity contribution in [3.8, 4) is 0 Å². The molecule has 3 N–H and O–H groups in total. The predicted molar refractivity (Wildman–Crippen MR) is 109 cm³/mol. The van der Waals surface area contributed by atoms with Crippen molar-refractivity contribution in [1.29, 1.82) is 0 Å². The van der Waals surface area contributed by atoms with Crippen LogP contribution in [0.1, 0.15) is 13.8 Å². The van der Waals surface area contributed by atoms with E-state index in [1.165, 1.54) is 48.5 Å². The molecule has 12 nitrogen and oxygen atoms in total. The number of nitrogens with one attached hydrogen (secondary N) is 2. The van der Waals surface area contributed by atoms with Crippen LogP contribution in [-0.4, -0.2) is 32.2 Å². The Morgan fingerprint density at radius 1 is 0.793 bits per heavy atom. The number of benzene rings is 2. The van der Waals surface area contributed by atoms with Gasteiger partial charge in [0, 0.05) is 24.3 Å². The summed E-state index contributed by atoms with van der Waals surface area (Å²) in [5, 5.41) is 41.9. The van der Waals surface area contributed by atoms with Crippen LogP contribution in [0.3, 0.4) is 0 Å². The van der Waals surface area contributed by atoms with E-state index in [0.29, 0.717) is 22.8 Å². The van der Waals surface area contributed by atoms with Crippen molar-refractivity contribution in [1.82, 2.24) is 0 Å². The smallest absolute Gasteiger partial charge is 0.269 e. The van der Waals surface area contributed by atoms with Gasteiger partial charge in [-0.2, -0.15) is 10.2 Å². The number of hydrazone groups is 2. The van der Waals surface area contributed by atoms with Gasteiger partial charge >= 0.3 is 0 Å². The van der Waals surface area contributed by atoms with E-state index in [4.69, 9.17) is 0 Å². The van der Waals surface area contributed by atoms with Crippen LogP contribution in [0, 0.1) is 20.2 Å². The number of nitro groups is 2. The average Bonchev–Trinajstić information content (AvgIpc) is 2.71. The average molecular weight is 399 g/mol. The van der Waals surface area contributed by atoms with Gasteiger partial charge in [-0.1, -0.05) is 5.16 Å². The van der Waals surface area contributed by atoms with E-state index in [1.807, 2.05) is 0 Å². The van der Waals surface area contributed by atoms with E-state index in [-0.39, 0.29) is 17.1 Å². The standard InChI is InChI=1S/C17H17N7O5/c1-11(18-20-13-3-7-15(8-4-13)23(26)27)17(22-25)12(2)19-21-14-5-9-16(10-6-14)24(28)29/h3-10,20-21,25H,1-2H3/b18-11-,19-12-. The molecule has 0 amide bonds. The Balaban J connectivity index is 2.05. The molecule has 2 aromatic rings. The molecule has 29 heavy (non-hydrogen) atoms. The molecule has 0 aromatic heterocycles. The van der Waals surface area contributed by atoms with Crippen LogP contribution in [-0.2, 0) is 0 Å². The van der Waals surface area contributed by atoms with Crippen molar-refractivity contribution < 1.29 is 15.1 Å². The molecule has 12 heteroatoms. The first-order chi connectivity index (χ1) is 13.8. The quantitative estimate of drug-likeness (QED) is 0.263. The number of nitro benzene ring substituents is 2. The van der Waals surface area contributed by atoms with Gasteiger partial charge in [-0.05, 0) is 38.1 Å². The summed E-state index contributed by atoms with van der Waals surface area (Å²) < 4.78 is 0. The fraction of sp³-hybridized carbons (Fsp3) is 0.118. The first kappa shape index (κ1) is 21.0. The molecule has 0 aliphatic rings. The van der Waals surface area contributed by atoms with Crippen LogP contribution in [0.4, 0.5) is 22.7 Å². The lowest BCUT2D eigenvalue weighted by molar-refractivity contribution is -0.385. The van der Waals surface area contributed by atoms with Crippen LogP contribution in [0.25, 0.3) is 0 Å². The zero-order valence-corrected chi connectivity index (χ0v) is 15.4. The monoisotopic (exact) mass is 399 g/mol. The zero-order valence-electron chi connectivity index (χ0n) is 15.4. The third-order valence-corrected chi connectivity index (χ3v) is 3.65. The van der Waals surface area contributed by atoms with Gasteiger partial charge in [0.05, 0.1) is 32.6 Å². The fourth-order valence-electron chi connectivity index (χ4n) is 2.12. The van der Waals surface area contributed by atoms with Crippen LogP contribution in [0.15, 0.2) is 63.9 Å². The summed E-state index contributed by atoms with van der Waals surface area (Å²) in [6, 6.07) is 11.3. The Labute approximate surface area is 164 Å². The molecule has 0 bridgehead atoms. The van der Waals surface area contributed by atoms with Crippen molar-refractivity contribution in [3.63, 3.8) is 0 Å². The third kappa shape index (κ3) is 5.82. The summed E-state index contributed by atoms with van der Waals surface area (Å²) in [6.45, 7) is 3.16. The summed E-state index contributed by atoms with van der Waals surface area (Å²) >= 11 is 0. The third-order valence-electron chi connectivity index (χ3n) is 3.65. The van der Waals surface area contributed by atoms with E-state index in [2.05, 4.69) is 26.2 Å². The Bertz CT molecular complexity index is 905. The largest absolute Gasteiger partial charge is 0.410 e. The molecule has 0 radical (unpaired) electrons. The Hall–Kier alpha value is -4.35. The van der Waals surface area contributed by atoms with Gasteiger partial charge in [-0.15, -0.1) is 0 Å². The summed E-state index contributed by atoms with van der Waals surface area (Å²) in [6.07, 6.45) is 0. The molecular formula is C17H17N7O5. The predicted octanol–water partition coefficient (Wildman–Crippen LogP) is 3.61. The van der Waals surface area contributed by atoms with Crippen molar-refractivity contribution >= 4 is 39.9 Å². The first-order valence-electron chi connectivity index (χ1n) is 8.14. The minimum Gasteiger partial charge on any atom is -0.410 e. The molecule has 150 valence electrons. The van der Waals surface area contributed by atoms with Gasteiger partial charge in [0.15, 0.2) is 0 Å². The molecule has 0 saturated carbocycles. The van der Waals surface area contributed by atoms with Gasteiger partial charge in [0.25, 0.3) is 11.4 Å². The highest BCUT2D eigenvalue weighted by atomic mass is 16.6. The molecule has 0 aliphatic carbocycles. The number of oxime groups is 1. The highest BCUT2D eigenvalue weighted by molar-refractivity contribution is 6.67. The fourth-order valence-corrected chi connectivity index (χ4v) is 2.12. The maximum absolute atomic E-state index is 10.7. The maximum Gasteiger partial charge on any atom is 0.269 e. The number of rotatable bonds is 8. The van der Waals surface area contributed by atoms with Gasteiger partial charge in [-0.25, -0.2) is 0 Å². The summed E-state index contributed by atoms with van der Waals surface area (Å²) in [4.78, 5) is 20.3. The van der Waals surface area contributed by atoms with Gasteiger partial charge in [0.1, 0.15) is 5.71 Å². The molecule has 0 heterocycles. The molecular weight excluding hydrogens is 382 g/mol. The number of anilines is 2. The summed E-state index contributed by atoms with van der Waals surface area (Å²) in [5.41, 5.74) is 7.02. The number of non-ortho nitro benzene ring substituents is 2. The van der Waals surface area contributed by atoms with Gasteiger partial charge in [-0.3, -0.25) is 31.1 Å². The maximum atomic E-state index is 10.7. The summed E-state index contributed by atoms with van der Waals surface area (Å²) in [7, 11) is 0. The highest BCUT2D eigenvalue weighted by Crippen LogP contribution is 2.16. The second-order valence-corrected chi connectivity index (χ2v) is 5.67. The van der Waals surface area contributed by atoms with Gasteiger partial charge < -0.3 is 5.21 Å². The molecule has 0 fully saturated rings. The molecule has 0 atom stereocenters. The van der Waals surface area contributed by atoms with E-state index in [1.54, 1.807) is 13.8 Å². The SMILES string of the molecule is C/C(=N/Nc1ccc([N+](=O)[O-])cc1)C(=NO)/C(C)=N\Nc1ccc([N+](=O)[O-])cc1. The Kier molecular flexibility index (Phi) is 6.90. The van der Waals surface area contributed by atoms with Gasteiger partial charge in [0.2, 0.25) is 0 Å². The molecule has 0 spiro atoms. The van der Waals surface area contributed by atoms with Crippen LogP contribution in [0.5, 0.6) is 0 Å². The highest BCUT2D eigenvalue weighted by Gasteiger charge is 2.10. The van der Waals surface area contributed by atoms with E-state index < -0.39 is 9.85 Å². The second kappa shape index (κ2) is 9.55. The molecule has 0 saturated heterocycles. The van der Waals surface area contributed by atoms with E-state index in [0.717, 1.165) is 0 Å². The molecule has 0 unspecified atom stereocenters. The van der Waals surface area contributed by atoms with Crippen LogP contribution < -0.4 is 10.9 Å². The minimum atomic E-state index is -0.507. The van der Waals surface area contributed by atoms with Crippen molar-refractivity contribution in [3.05, 3.63) is 68.8 Å². The lowest BCUT2D eigenvalue weighted by Crippen LogP contribution is -2.22. The summed E-state index contributed by atoms with van der Waals surface area (Å²) in [5.74, 6) is 0. The van der Waals surface area contributed by atoms with Crippen molar-refractivity contribution in [2.45, 2.75) is 13.8 Å². The lowest BCUT2D eigenvalue weighted by atomic mass is 10.2. The van der Waals surface area contributed by atoms with E-state index in [9.17, 15) is 25.4 Å². The number of hydrogen-bond donors (Lipinski definition) is 3. The second-order valence-electron chi connectivity index (χ2n) is 5.67. The zero-order chi connectivity index (χ0) is 21.4. The Morgan fingerprint density at radius 2 is 1.14 bits per heavy atom. The Morgan fingerprint density at radius 3 is 1.41 bits per heavy atom. The van der Waals surface area contributed by atoms with Crippen LogP contribution >= 0.6 is 0 Å². The molecule has 0 aliphatic heterocycles. The lowest BCUT2D eigenvalue weighted by Gasteiger charge is -2.06. The first-order valence-corrected chi connectivity index (χ1v) is 8.14. The molecule has 2 rings (SSSR count). The number of nitrogens with zero attached hydrogens (tertiary/aromatic N) is 5. The van der Waals surface area contributed by atoms with Crippen molar-refractivity contribution in [2.75, 3.05) is 10.9 Å². The molecule has 2 aromatic carbocycles. The normalized spacial score (nSPS) is 11.5. The topological polar surface area (TPSA) is 168 Å². The number of hydrogen-bond acceptors (Lipinski definition) is 10.